The monoisotopic (exact) mass is 397 g/mol. The lowest BCUT2D eigenvalue weighted by Crippen LogP contribution is -2.52. The van der Waals surface area contributed by atoms with Crippen LogP contribution < -0.4 is 5.32 Å². The number of hydrogen-bond acceptors (Lipinski definition) is 6. The Balaban J connectivity index is 2.88. The van der Waals surface area contributed by atoms with Crippen LogP contribution in [0.5, 0.6) is 0 Å². The van der Waals surface area contributed by atoms with Gasteiger partial charge in [-0.3, -0.25) is 10.1 Å². The molecular formula is C17H23N3O8. The SMILES string of the molecule is CC(C)CN(C[C@H](O)C(=O)O)C(=O)N[C@@H](Cc1ccc([N+](=O)[O-])cc1)C(=O)O. The van der Waals surface area contributed by atoms with Gasteiger partial charge in [-0.15, -0.1) is 0 Å². The fourth-order valence-electron chi connectivity index (χ4n) is 2.40. The van der Waals surface area contributed by atoms with Crippen LogP contribution in [0.15, 0.2) is 24.3 Å². The molecule has 0 saturated heterocycles. The quantitative estimate of drug-likeness (QED) is 0.330. The molecule has 0 aliphatic rings. The smallest absolute Gasteiger partial charge is 0.334 e. The van der Waals surface area contributed by atoms with Crippen LogP contribution in [-0.2, 0) is 16.0 Å². The van der Waals surface area contributed by atoms with Crippen molar-refractivity contribution in [2.75, 3.05) is 13.1 Å². The number of amides is 2. The number of carboxylic acid groups (broad SMARTS) is 2. The second-order valence-corrected chi connectivity index (χ2v) is 6.62. The first kappa shape index (κ1) is 22.8. The van der Waals surface area contributed by atoms with Crippen LogP contribution in [0.1, 0.15) is 19.4 Å². The summed E-state index contributed by atoms with van der Waals surface area (Å²) in [4.78, 5) is 45.9. The summed E-state index contributed by atoms with van der Waals surface area (Å²) < 4.78 is 0. The van der Waals surface area contributed by atoms with E-state index in [0.29, 0.717) is 5.56 Å². The van der Waals surface area contributed by atoms with Gasteiger partial charge in [0.25, 0.3) is 5.69 Å². The number of nitrogens with zero attached hydrogens (tertiary/aromatic N) is 2. The molecule has 0 aliphatic heterocycles. The van der Waals surface area contributed by atoms with Gasteiger partial charge in [0.05, 0.1) is 11.5 Å². The molecule has 1 rings (SSSR count). The summed E-state index contributed by atoms with van der Waals surface area (Å²) in [7, 11) is 0. The van der Waals surface area contributed by atoms with E-state index < -0.39 is 41.6 Å². The molecular weight excluding hydrogens is 374 g/mol. The highest BCUT2D eigenvalue weighted by atomic mass is 16.6. The number of nitro benzene ring substituents is 1. The van der Waals surface area contributed by atoms with Gasteiger partial charge in [0.1, 0.15) is 6.04 Å². The van der Waals surface area contributed by atoms with Crippen molar-refractivity contribution < 1.29 is 34.6 Å². The second kappa shape index (κ2) is 10.2. The molecule has 0 unspecified atom stereocenters. The first-order chi connectivity index (χ1) is 13.0. The maximum absolute atomic E-state index is 12.4. The maximum Gasteiger partial charge on any atom is 0.334 e. The molecule has 0 aliphatic carbocycles. The number of nitrogens with one attached hydrogen (secondary N) is 1. The summed E-state index contributed by atoms with van der Waals surface area (Å²) in [5.41, 5.74) is 0.310. The maximum atomic E-state index is 12.4. The average molecular weight is 397 g/mol. The minimum atomic E-state index is -1.80. The number of urea groups is 1. The van der Waals surface area contributed by atoms with E-state index in [1.54, 1.807) is 13.8 Å². The summed E-state index contributed by atoms with van der Waals surface area (Å²) in [6.45, 7) is 3.17. The molecule has 0 aromatic heterocycles. The van der Waals surface area contributed by atoms with E-state index in [2.05, 4.69) is 5.32 Å². The Hall–Kier alpha value is -3.21. The van der Waals surface area contributed by atoms with Crippen molar-refractivity contribution in [1.82, 2.24) is 10.2 Å². The highest BCUT2D eigenvalue weighted by Gasteiger charge is 2.27. The largest absolute Gasteiger partial charge is 0.480 e. The Morgan fingerprint density at radius 2 is 1.68 bits per heavy atom. The summed E-state index contributed by atoms with van der Waals surface area (Å²) in [5, 5.41) is 40.7. The van der Waals surface area contributed by atoms with Crippen molar-refractivity contribution in [1.29, 1.82) is 0 Å². The van der Waals surface area contributed by atoms with Gasteiger partial charge in [0.2, 0.25) is 0 Å². The Morgan fingerprint density at radius 1 is 1.11 bits per heavy atom. The molecule has 28 heavy (non-hydrogen) atoms. The summed E-state index contributed by atoms with van der Waals surface area (Å²) >= 11 is 0. The molecule has 2 atom stereocenters. The fourth-order valence-corrected chi connectivity index (χ4v) is 2.40. The lowest BCUT2D eigenvalue weighted by atomic mass is 10.1. The minimum Gasteiger partial charge on any atom is -0.480 e. The van der Waals surface area contributed by atoms with Gasteiger partial charge in [-0.25, -0.2) is 14.4 Å². The standard InChI is InChI=1S/C17H23N3O8/c1-10(2)8-19(9-14(21)16(24)25)17(26)18-13(15(22)23)7-11-3-5-12(6-4-11)20(27)28/h3-6,10,13-14,21H,7-9H2,1-2H3,(H,18,26)(H,22,23)(H,24,25)/t13-,14-/m0/s1. The third kappa shape index (κ3) is 7.19. The van der Waals surface area contributed by atoms with E-state index in [1.807, 2.05) is 0 Å². The Labute approximate surface area is 160 Å². The number of carbonyl (C=O) groups excluding carboxylic acids is 1. The van der Waals surface area contributed by atoms with Crippen molar-refractivity contribution in [3.63, 3.8) is 0 Å². The first-order valence-corrected chi connectivity index (χ1v) is 8.43. The van der Waals surface area contributed by atoms with Crippen LogP contribution >= 0.6 is 0 Å². The van der Waals surface area contributed by atoms with Gasteiger partial charge >= 0.3 is 18.0 Å². The number of carbonyl (C=O) groups is 3. The molecule has 11 heteroatoms. The molecule has 2 amide bonds. The Morgan fingerprint density at radius 3 is 2.11 bits per heavy atom. The zero-order valence-corrected chi connectivity index (χ0v) is 15.4. The highest BCUT2D eigenvalue weighted by Crippen LogP contribution is 2.13. The topological polar surface area (TPSA) is 170 Å². The Kier molecular flexibility index (Phi) is 8.32. The molecule has 0 spiro atoms. The van der Waals surface area contributed by atoms with E-state index in [-0.39, 0.29) is 24.6 Å². The van der Waals surface area contributed by atoms with Gasteiger partial charge in [-0.05, 0) is 11.5 Å². The number of benzene rings is 1. The molecule has 1 aromatic rings. The number of rotatable bonds is 10. The first-order valence-electron chi connectivity index (χ1n) is 8.43. The van der Waals surface area contributed by atoms with E-state index in [1.165, 1.54) is 24.3 Å². The molecule has 11 nitrogen and oxygen atoms in total. The zero-order chi connectivity index (χ0) is 21.4. The van der Waals surface area contributed by atoms with E-state index >= 15 is 0 Å². The van der Waals surface area contributed by atoms with Crippen LogP contribution in [-0.4, -0.2) is 68.3 Å². The number of hydrogen-bond donors (Lipinski definition) is 4. The second-order valence-electron chi connectivity index (χ2n) is 6.62. The lowest BCUT2D eigenvalue weighted by Gasteiger charge is -2.27. The number of aliphatic carboxylic acids is 2. The van der Waals surface area contributed by atoms with Crippen LogP contribution in [0, 0.1) is 16.0 Å². The summed E-state index contributed by atoms with van der Waals surface area (Å²) in [5.74, 6) is -2.87. The van der Waals surface area contributed by atoms with Crippen LogP contribution in [0.4, 0.5) is 10.5 Å². The van der Waals surface area contributed by atoms with E-state index in [9.17, 15) is 34.7 Å². The predicted molar refractivity (Wildman–Crippen MR) is 96.8 cm³/mol. The van der Waals surface area contributed by atoms with Crippen molar-refractivity contribution >= 4 is 23.7 Å². The number of aliphatic hydroxyl groups is 1. The lowest BCUT2D eigenvalue weighted by molar-refractivity contribution is -0.384. The van der Waals surface area contributed by atoms with Crippen molar-refractivity contribution in [2.45, 2.75) is 32.4 Å². The van der Waals surface area contributed by atoms with Gasteiger partial charge in [-0.2, -0.15) is 0 Å². The third-order valence-electron chi connectivity index (χ3n) is 3.73. The molecule has 1 aromatic carbocycles. The van der Waals surface area contributed by atoms with Crippen molar-refractivity contribution in [3.8, 4) is 0 Å². The molecule has 0 bridgehead atoms. The van der Waals surface area contributed by atoms with Gasteiger partial charge < -0.3 is 25.5 Å². The van der Waals surface area contributed by atoms with Crippen LogP contribution in [0.2, 0.25) is 0 Å². The number of nitro groups is 1. The summed E-state index contributed by atoms with van der Waals surface area (Å²) in [6, 6.07) is 3.06. The molecule has 0 heterocycles. The number of non-ortho nitro benzene ring substituents is 1. The fraction of sp³-hybridized carbons (Fsp3) is 0.471. The Bertz CT molecular complexity index is 720. The van der Waals surface area contributed by atoms with Crippen molar-refractivity contribution in [2.24, 2.45) is 5.92 Å². The summed E-state index contributed by atoms with van der Waals surface area (Å²) in [6.07, 6.45) is -1.93. The van der Waals surface area contributed by atoms with E-state index in [0.717, 1.165) is 4.90 Å². The highest BCUT2D eigenvalue weighted by molar-refractivity contribution is 5.83. The number of carboxylic acids is 2. The zero-order valence-electron chi connectivity index (χ0n) is 15.4. The predicted octanol–water partition coefficient (Wildman–Crippen LogP) is 0.704. The van der Waals surface area contributed by atoms with Crippen LogP contribution in [0.25, 0.3) is 0 Å². The van der Waals surface area contributed by atoms with Crippen molar-refractivity contribution in [3.05, 3.63) is 39.9 Å². The van der Waals surface area contributed by atoms with Crippen LogP contribution in [0.3, 0.4) is 0 Å². The van der Waals surface area contributed by atoms with Gasteiger partial charge in [-0.1, -0.05) is 26.0 Å². The third-order valence-corrected chi connectivity index (χ3v) is 3.73. The van der Waals surface area contributed by atoms with Gasteiger partial charge in [0.15, 0.2) is 6.10 Å². The molecule has 4 N–H and O–H groups in total. The average Bonchev–Trinajstić information content (AvgIpc) is 2.60. The van der Waals surface area contributed by atoms with Gasteiger partial charge in [0, 0.05) is 25.1 Å². The normalized spacial score (nSPS) is 12.9. The minimum absolute atomic E-state index is 0.0512. The molecule has 154 valence electrons. The molecule has 0 saturated carbocycles. The number of aliphatic hydroxyl groups excluding tert-OH is 1. The molecule has 0 radical (unpaired) electrons. The van der Waals surface area contributed by atoms with E-state index in [4.69, 9.17) is 5.11 Å². The molecule has 0 fully saturated rings.